The first-order valence-corrected chi connectivity index (χ1v) is 7.70. The molecule has 0 aromatic heterocycles. The molecule has 1 aromatic rings. The second-order valence-electron chi connectivity index (χ2n) is 5.70. The molecule has 2 aliphatic heterocycles. The minimum absolute atomic E-state index is 0.126. The fraction of sp³-hybridized carbons (Fsp3) is 0.600. The van der Waals surface area contributed by atoms with Crippen molar-refractivity contribution in [1.29, 1.82) is 0 Å². The van der Waals surface area contributed by atoms with Crippen molar-refractivity contribution in [2.45, 2.75) is 31.0 Å². The van der Waals surface area contributed by atoms with Gasteiger partial charge in [0.2, 0.25) is 0 Å². The van der Waals surface area contributed by atoms with Gasteiger partial charge in [-0.3, -0.25) is 0 Å². The Bertz CT molecular complexity index is 486. The quantitative estimate of drug-likeness (QED) is 0.905. The second kappa shape index (κ2) is 5.82. The minimum Gasteiger partial charge on any atom is -0.388 e. The average molecular weight is 317 g/mol. The van der Waals surface area contributed by atoms with Gasteiger partial charge in [0.25, 0.3) is 0 Å². The lowest BCUT2D eigenvalue weighted by Gasteiger charge is -2.39. The molecule has 3 nitrogen and oxygen atoms in total. The fourth-order valence-corrected chi connectivity index (χ4v) is 3.60. The molecule has 3 rings (SSSR count). The molecule has 0 bridgehead atoms. The summed E-state index contributed by atoms with van der Waals surface area (Å²) in [5.41, 5.74) is 0.495. The van der Waals surface area contributed by atoms with E-state index in [2.05, 4.69) is 0 Å². The molecular formula is C15H18Cl2O3. The van der Waals surface area contributed by atoms with E-state index in [1.165, 1.54) is 0 Å². The summed E-state index contributed by atoms with van der Waals surface area (Å²) in [6, 6.07) is 5.22. The van der Waals surface area contributed by atoms with Crippen LogP contribution in [0.15, 0.2) is 18.2 Å². The third-order valence-electron chi connectivity index (χ3n) is 4.32. The molecule has 1 spiro atoms. The molecule has 2 heterocycles. The highest BCUT2D eigenvalue weighted by molar-refractivity contribution is 6.33. The van der Waals surface area contributed by atoms with Crippen LogP contribution in [0.3, 0.4) is 0 Å². The molecule has 3 unspecified atom stereocenters. The van der Waals surface area contributed by atoms with Gasteiger partial charge < -0.3 is 14.6 Å². The Hall–Kier alpha value is -0.320. The first-order valence-electron chi connectivity index (χ1n) is 6.94. The van der Waals surface area contributed by atoms with E-state index in [-0.39, 0.29) is 11.5 Å². The predicted octanol–water partition coefficient (Wildman–Crippen LogP) is 3.61. The molecule has 3 atom stereocenters. The number of hydrogen-bond donors (Lipinski definition) is 1. The lowest BCUT2D eigenvalue weighted by molar-refractivity contribution is -0.117. The van der Waals surface area contributed by atoms with Crippen molar-refractivity contribution in [3.05, 3.63) is 33.8 Å². The van der Waals surface area contributed by atoms with Crippen LogP contribution in [-0.2, 0) is 9.47 Å². The Labute approximate surface area is 128 Å². The van der Waals surface area contributed by atoms with E-state index in [1.54, 1.807) is 18.2 Å². The topological polar surface area (TPSA) is 38.7 Å². The van der Waals surface area contributed by atoms with E-state index in [0.29, 0.717) is 28.8 Å². The van der Waals surface area contributed by atoms with Crippen molar-refractivity contribution >= 4 is 23.2 Å². The summed E-state index contributed by atoms with van der Waals surface area (Å²) in [7, 11) is 0. The van der Waals surface area contributed by atoms with E-state index in [0.717, 1.165) is 25.9 Å². The van der Waals surface area contributed by atoms with Crippen molar-refractivity contribution < 1.29 is 14.6 Å². The number of benzene rings is 1. The Kier molecular flexibility index (Phi) is 4.25. The van der Waals surface area contributed by atoms with Crippen LogP contribution in [0, 0.1) is 5.92 Å². The number of ether oxygens (including phenoxy) is 2. The maximum absolute atomic E-state index is 10.7. The third kappa shape index (κ3) is 2.83. The summed E-state index contributed by atoms with van der Waals surface area (Å²) in [5.74, 6) is 0.126. The van der Waals surface area contributed by atoms with Crippen LogP contribution in [-0.4, -0.2) is 30.5 Å². The first-order chi connectivity index (χ1) is 9.60. The minimum atomic E-state index is -0.609. The molecule has 0 aliphatic carbocycles. The number of halogens is 2. The third-order valence-corrected chi connectivity index (χ3v) is 4.90. The van der Waals surface area contributed by atoms with Gasteiger partial charge in [-0.25, -0.2) is 0 Å². The Morgan fingerprint density at radius 2 is 2.15 bits per heavy atom. The summed E-state index contributed by atoms with van der Waals surface area (Å²) in [5, 5.41) is 11.8. The highest BCUT2D eigenvalue weighted by atomic mass is 35.5. The Morgan fingerprint density at radius 3 is 2.90 bits per heavy atom. The lowest BCUT2D eigenvalue weighted by atomic mass is 9.80. The SMILES string of the molecule is OC(c1cc(Cl)ccc1Cl)C1CCOC2(CCOC2)C1. The van der Waals surface area contributed by atoms with Crippen LogP contribution in [0.2, 0.25) is 10.0 Å². The number of aliphatic hydroxyl groups is 1. The van der Waals surface area contributed by atoms with E-state index in [4.69, 9.17) is 32.7 Å². The summed E-state index contributed by atoms with van der Waals surface area (Å²) >= 11 is 12.2. The van der Waals surface area contributed by atoms with E-state index in [1.807, 2.05) is 0 Å². The van der Waals surface area contributed by atoms with Gasteiger partial charge in [0.1, 0.15) is 0 Å². The molecule has 0 saturated carbocycles. The zero-order valence-electron chi connectivity index (χ0n) is 11.1. The standard InChI is InChI=1S/C15H18Cl2O3/c16-11-1-2-13(17)12(7-11)14(18)10-3-5-20-15(8-10)4-6-19-9-15/h1-2,7,10,14,18H,3-6,8-9H2. The highest BCUT2D eigenvalue weighted by Gasteiger charge is 2.43. The molecule has 0 radical (unpaired) electrons. The molecule has 20 heavy (non-hydrogen) atoms. The molecule has 110 valence electrons. The molecule has 2 saturated heterocycles. The van der Waals surface area contributed by atoms with Gasteiger partial charge in [0, 0.05) is 35.2 Å². The number of hydrogen-bond acceptors (Lipinski definition) is 3. The molecule has 1 N–H and O–H groups in total. The largest absolute Gasteiger partial charge is 0.388 e. The van der Waals surface area contributed by atoms with Crippen LogP contribution in [0.25, 0.3) is 0 Å². The van der Waals surface area contributed by atoms with Crippen LogP contribution in [0.1, 0.15) is 30.9 Å². The summed E-state index contributed by atoms with van der Waals surface area (Å²) in [6.07, 6.45) is 1.92. The highest BCUT2D eigenvalue weighted by Crippen LogP contribution is 2.42. The number of rotatable bonds is 2. The zero-order valence-corrected chi connectivity index (χ0v) is 12.7. The lowest BCUT2D eigenvalue weighted by Crippen LogP contribution is -2.41. The van der Waals surface area contributed by atoms with Gasteiger partial charge in [-0.2, -0.15) is 0 Å². The van der Waals surface area contributed by atoms with Gasteiger partial charge in [0.15, 0.2) is 0 Å². The van der Waals surface area contributed by atoms with Crippen molar-refractivity contribution in [2.24, 2.45) is 5.92 Å². The molecule has 5 heteroatoms. The van der Waals surface area contributed by atoms with Gasteiger partial charge in [-0.15, -0.1) is 0 Å². The van der Waals surface area contributed by atoms with Gasteiger partial charge >= 0.3 is 0 Å². The maximum Gasteiger partial charge on any atom is 0.0940 e. The van der Waals surface area contributed by atoms with E-state index < -0.39 is 6.10 Å². The summed E-state index contributed by atoms with van der Waals surface area (Å²) in [6.45, 7) is 2.02. The molecule has 2 aliphatic rings. The van der Waals surface area contributed by atoms with Crippen molar-refractivity contribution in [2.75, 3.05) is 19.8 Å². The Morgan fingerprint density at radius 1 is 1.30 bits per heavy atom. The predicted molar refractivity (Wildman–Crippen MR) is 78.3 cm³/mol. The van der Waals surface area contributed by atoms with Crippen LogP contribution in [0.5, 0.6) is 0 Å². The van der Waals surface area contributed by atoms with Gasteiger partial charge in [-0.1, -0.05) is 23.2 Å². The van der Waals surface area contributed by atoms with E-state index >= 15 is 0 Å². The average Bonchev–Trinajstić information content (AvgIpc) is 2.88. The smallest absolute Gasteiger partial charge is 0.0940 e. The summed E-state index contributed by atoms with van der Waals surface area (Å²) < 4.78 is 11.4. The van der Waals surface area contributed by atoms with Crippen LogP contribution < -0.4 is 0 Å². The molecule has 0 amide bonds. The van der Waals surface area contributed by atoms with Crippen molar-refractivity contribution in [3.8, 4) is 0 Å². The van der Waals surface area contributed by atoms with Gasteiger partial charge in [-0.05, 0) is 37.0 Å². The maximum atomic E-state index is 10.7. The molecule has 1 aromatic carbocycles. The van der Waals surface area contributed by atoms with Gasteiger partial charge in [0.05, 0.1) is 18.3 Å². The number of aliphatic hydroxyl groups excluding tert-OH is 1. The van der Waals surface area contributed by atoms with E-state index in [9.17, 15) is 5.11 Å². The summed E-state index contributed by atoms with van der Waals surface area (Å²) in [4.78, 5) is 0. The normalized spacial score (nSPS) is 31.6. The second-order valence-corrected chi connectivity index (χ2v) is 6.54. The van der Waals surface area contributed by atoms with Crippen LogP contribution >= 0.6 is 23.2 Å². The fourth-order valence-electron chi connectivity index (χ4n) is 3.19. The first kappa shape index (κ1) is 14.6. The molecular weight excluding hydrogens is 299 g/mol. The van der Waals surface area contributed by atoms with Crippen LogP contribution in [0.4, 0.5) is 0 Å². The Balaban J connectivity index is 1.79. The van der Waals surface area contributed by atoms with Crippen molar-refractivity contribution in [1.82, 2.24) is 0 Å². The van der Waals surface area contributed by atoms with Crippen molar-refractivity contribution in [3.63, 3.8) is 0 Å². The monoisotopic (exact) mass is 316 g/mol. The molecule has 2 fully saturated rings. The zero-order chi connectivity index (χ0) is 14.2.